The van der Waals surface area contributed by atoms with Crippen LogP contribution in [-0.4, -0.2) is 12.1 Å². The highest BCUT2D eigenvalue weighted by atomic mass is 16.5. The summed E-state index contributed by atoms with van der Waals surface area (Å²) in [5.74, 6) is -0.260. The topological polar surface area (TPSA) is 26.3 Å². The summed E-state index contributed by atoms with van der Waals surface area (Å²) in [4.78, 5) is 10.9. The molecule has 2 nitrogen and oxygen atoms in total. The molecule has 1 aromatic rings. The first-order valence-corrected chi connectivity index (χ1v) is 4.95. The van der Waals surface area contributed by atoms with Gasteiger partial charge in [-0.05, 0) is 11.6 Å². The fourth-order valence-electron chi connectivity index (χ4n) is 1.44. The molecule has 2 heteroatoms. The highest BCUT2D eigenvalue weighted by Crippen LogP contribution is 2.11. The molecular formula is C13H12O2. The second kappa shape index (κ2) is 4.60. The lowest BCUT2D eigenvalue weighted by molar-refractivity contribution is -0.141. The lowest BCUT2D eigenvalue weighted by atomic mass is 10.1. The number of hydrogen-bond acceptors (Lipinski definition) is 2. The second-order valence-corrected chi connectivity index (χ2v) is 3.38. The second-order valence-electron chi connectivity index (χ2n) is 3.38. The Morgan fingerprint density at radius 2 is 2.07 bits per heavy atom. The van der Waals surface area contributed by atoms with E-state index in [-0.39, 0.29) is 12.1 Å². The van der Waals surface area contributed by atoms with Crippen LogP contribution in [-0.2, 0) is 9.53 Å². The molecule has 0 amide bonds. The van der Waals surface area contributed by atoms with Crippen molar-refractivity contribution in [1.82, 2.24) is 0 Å². The van der Waals surface area contributed by atoms with Crippen molar-refractivity contribution in [3.63, 3.8) is 0 Å². The summed E-state index contributed by atoms with van der Waals surface area (Å²) in [5, 5.41) is 0. The monoisotopic (exact) mass is 200 g/mol. The zero-order valence-corrected chi connectivity index (χ0v) is 8.30. The average molecular weight is 200 g/mol. The van der Waals surface area contributed by atoms with Crippen molar-refractivity contribution in [2.24, 2.45) is 0 Å². The Kier molecular flexibility index (Phi) is 2.98. The Morgan fingerprint density at radius 1 is 1.27 bits per heavy atom. The van der Waals surface area contributed by atoms with E-state index in [4.69, 9.17) is 4.74 Å². The van der Waals surface area contributed by atoms with E-state index in [0.29, 0.717) is 0 Å². The number of cyclic esters (lactones) is 1. The summed E-state index contributed by atoms with van der Waals surface area (Å²) in [5.41, 5.74) is 1.11. The number of esters is 1. The number of carbonyl (C=O) groups is 1. The fourth-order valence-corrected chi connectivity index (χ4v) is 1.44. The van der Waals surface area contributed by atoms with E-state index in [1.54, 1.807) is 0 Å². The highest BCUT2D eigenvalue weighted by molar-refractivity contribution is 5.83. The maximum Gasteiger partial charge on any atom is 0.331 e. The summed E-state index contributed by atoms with van der Waals surface area (Å²) in [6.07, 6.45) is 7.82. The van der Waals surface area contributed by atoms with Gasteiger partial charge < -0.3 is 4.74 Å². The van der Waals surface area contributed by atoms with E-state index < -0.39 is 0 Å². The quantitative estimate of drug-likeness (QED) is 0.686. The Balaban J connectivity index is 2.00. The van der Waals surface area contributed by atoms with Crippen molar-refractivity contribution in [3.05, 3.63) is 54.1 Å². The highest BCUT2D eigenvalue weighted by Gasteiger charge is 2.11. The van der Waals surface area contributed by atoms with Crippen molar-refractivity contribution >= 4 is 12.0 Å². The number of benzene rings is 1. The molecule has 0 fully saturated rings. The molecule has 1 aromatic carbocycles. The molecule has 0 radical (unpaired) electrons. The Labute approximate surface area is 88.9 Å². The molecule has 0 spiro atoms. The van der Waals surface area contributed by atoms with Crippen molar-refractivity contribution in [2.75, 3.05) is 0 Å². The van der Waals surface area contributed by atoms with Crippen molar-refractivity contribution in [3.8, 4) is 0 Å². The predicted octanol–water partition coefficient (Wildman–Crippen LogP) is 2.57. The van der Waals surface area contributed by atoms with Gasteiger partial charge in [0.25, 0.3) is 0 Å². The van der Waals surface area contributed by atoms with Crippen LogP contribution < -0.4 is 0 Å². The normalized spacial score (nSPS) is 20.5. The summed E-state index contributed by atoms with van der Waals surface area (Å²) in [7, 11) is 0. The molecule has 15 heavy (non-hydrogen) atoms. The predicted molar refractivity (Wildman–Crippen MR) is 59.1 cm³/mol. The van der Waals surface area contributed by atoms with Gasteiger partial charge in [-0.2, -0.15) is 0 Å². The van der Waals surface area contributed by atoms with Crippen LogP contribution in [0.5, 0.6) is 0 Å². The third-order valence-corrected chi connectivity index (χ3v) is 2.19. The average Bonchev–Trinajstić information content (AvgIpc) is 2.28. The molecule has 0 aliphatic carbocycles. The van der Waals surface area contributed by atoms with Crippen molar-refractivity contribution in [1.29, 1.82) is 0 Å². The van der Waals surface area contributed by atoms with Gasteiger partial charge in [0.2, 0.25) is 0 Å². The first-order chi connectivity index (χ1) is 7.34. The Bertz CT molecular complexity index is 390. The van der Waals surface area contributed by atoms with E-state index in [1.165, 1.54) is 6.08 Å². The van der Waals surface area contributed by atoms with Gasteiger partial charge in [-0.25, -0.2) is 4.79 Å². The SMILES string of the molecule is O=C1C=CC[C@@H](/C=C/c2ccccc2)O1. The van der Waals surface area contributed by atoms with Gasteiger partial charge in [0.05, 0.1) is 0 Å². The molecular weight excluding hydrogens is 188 g/mol. The number of carbonyl (C=O) groups excluding carboxylic acids is 1. The summed E-state index contributed by atoms with van der Waals surface area (Å²) >= 11 is 0. The van der Waals surface area contributed by atoms with Crippen molar-refractivity contribution in [2.45, 2.75) is 12.5 Å². The molecule has 1 aliphatic heterocycles. The van der Waals surface area contributed by atoms with Crippen LogP contribution in [0, 0.1) is 0 Å². The molecule has 0 saturated carbocycles. The van der Waals surface area contributed by atoms with E-state index in [0.717, 1.165) is 12.0 Å². The van der Waals surface area contributed by atoms with E-state index in [9.17, 15) is 4.79 Å². The standard InChI is InChI=1S/C13H12O2/c14-13-8-4-7-12(15-13)10-9-11-5-2-1-3-6-11/h1-6,8-10,12H,7H2/b10-9+/t12-/m0/s1. The molecule has 2 rings (SSSR count). The number of rotatable bonds is 2. The minimum Gasteiger partial charge on any atom is -0.455 e. The van der Waals surface area contributed by atoms with Crippen LogP contribution in [0.1, 0.15) is 12.0 Å². The molecule has 0 aromatic heterocycles. The largest absolute Gasteiger partial charge is 0.455 e. The minimum absolute atomic E-state index is 0.122. The molecule has 0 N–H and O–H groups in total. The third kappa shape index (κ3) is 2.81. The molecule has 1 aliphatic rings. The van der Waals surface area contributed by atoms with Crippen LogP contribution >= 0.6 is 0 Å². The molecule has 0 unspecified atom stereocenters. The van der Waals surface area contributed by atoms with Crippen molar-refractivity contribution < 1.29 is 9.53 Å². The van der Waals surface area contributed by atoms with Gasteiger partial charge in [0, 0.05) is 12.5 Å². The Morgan fingerprint density at radius 3 is 2.80 bits per heavy atom. The molecule has 0 bridgehead atoms. The van der Waals surface area contributed by atoms with Crippen LogP contribution in [0.15, 0.2) is 48.6 Å². The summed E-state index contributed by atoms with van der Waals surface area (Å²) in [6.45, 7) is 0. The van der Waals surface area contributed by atoms with Gasteiger partial charge in [-0.3, -0.25) is 0 Å². The van der Waals surface area contributed by atoms with Crippen LogP contribution in [0.2, 0.25) is 0 Å². The third-order valence-electron chi connectivity index (χ3n) is 2.19. The smallest absolute Gasteiger partial charge is 0.331 e. The lowest BCUT2D eigenvalue weighted by Gasteiger charge is -2.14. The molecule has 76 valence electrons. The molecule has 1 atom stereocenters. The van der Waals surface area contributed by atoms with Gasteiger partial charge in [0.1, 0.15) is 6.10 Å². The number of ether oxygens (including phenoxy) is 1. The maximum absolute atomic E-state index is 10.9. The van der Waals surface area contributed by atoms with Gasteiger partial charge in [-0.15, -0.1) is 0 Å². The van der Waals surface area contributed by atoms with E-state index in [2.05, 4.69) is 0 Å². The van der Waals surface area contributed by atoms with E-state index in [1.807, 2.05) is 48.6 Å². The zero-order chi connectivity index (χ0) is 10.5. The van der Waals surface area contributed by atoms with Gasteiger partial charge in [-0.1, -0.05) is 42.5 Å². The van der Waals surface area contributed by atoms with Gasteiger partial charge in [0.15, 0.2) is 0 Å². The van der Waals surface area contributed by atoms with Crippen LogP contribution in [0.25, 0.3) is 6.08 Å². The maximum atomic E-state index is 10.9. The molecule has 0 saturated heterocycles. The lowest BCUT2D eigenvalue weighted by Crippen LogP contribution is -2.17. The summed E-state index contributed by atoms with van der Waals surface area (Å²) in [6, 6.07) is 9.95. The minimum atomic E-state index is -0.260. The molecule has 1 heterocycles. The van der Waals surface area contributed by atoms with E-state index >= 15 is 0 Å². The first-order valence-electron chi connectivity index (χ1n) is 4.95. The zero-order valence-electron chi connectivity index (χ0n) is 8.30. The Hall–Kier alpha value is -1.83. The summed E-state index contributed by atoms with van der Waals surface area (Å²) < 4.78 is 5.10. The van der Waals surface area contributed by atoms with Gasteiger partial charge >= 0.3 is 5.97 Å². The fraction of sp³-hybridized carbons (Fsp3) is 0.154. The first kappa shape index (κ1) is 9.71. The van der Waals surface area contributed by atoms with Crippen LogP contribution in [0.4, 0.5) is 0 Å². The number of hydrogen-bond donors (Lipinski definition) is 0. The van der Waals surface area contributed by atoms with Crippen LogP contribution in [0.3, 0.4) is 0 Å².